The molecule has 1 aliphatic rings. The number of carbonyl (C=O) groups excluding carboxylic acids is 1. The number of allylic oxidation sites excluding steroid dienone is 1. The Balaban J connectivity index is 1.91. The molecule has 0 aliphatic carbocycles. The molecule has 0 radical (unpaired) electrons. The fraction of sp³-hybridized carbons (Fsp3) is 0.368. The predicted octanol–water partition coefficient (Wildman–Crippen LogP) is 3.15. The van der Waals surface area contributed by atoms with E-state index in [9.17, 15) is 4.79 Å². The van der Waals surface area contributed by atoms with Gasteiger partial charge < -0.3 is 9.47 Å². The number of carbonyl (C=O) groups is 1. The van der Waals surface area contributed by atoms with Crippen LogP contribution in [0.25, 0.3) is 0 Å². The summed E-state index contributed by atoms with van der Waals surface area (Å²) in [6.45, 7) is 12.8. The van der Waals surface area contributed by atoms with Crippen molar-refractivity contribution in [3.8, 4) is 0 Å². The Kier molecular flexibility index (Phi) is 4.53. The Labute approximate surface area is 147 Å². The topological polar surface area (TPSA) is 63.4 Å². The molecule has 2 aromatic rings. The number of hydrogen-bond acceptors (Lipinski definition) is 4. The molecule has 1 aliphatic heterocycles. The minimum atomic E-state index is -0.139. The first-order chi connectivity index (χ1) is 11.9. The Morgan fingerprint density at radius 3 is 2.64 bits per heavy atom. The molecule has 3 rings (SSSR count). The third kappa shape index (κ3) is 3.12. The molecule has 1 amide bonds. The highest BCUT2D eigenvalue weighted by Crippen LogP contribution is 2.27. The average Bonchev–Trinajstić information content (AvgIpc) is 2.99. The number of nitrogens with zero attached hydrogens (tertiary/aromatic N) is 5. The van der Waals surface area contributed by atoms with E-state index in [0.29, 0.717) is 13.1 Å². The SMILES string of the molecule is C=C(C)/N=C(\C)c1nnc2n1CCN(C(=O)c1ccccc1C)[C@@H]2C. The summed E-state index contributed by atoms with van der Waals surface area (Å²) in [5.74, 6) is 1.57. The van der Waals surface area contributed by atoms with Gasteiger partial charge in [0.1, 0.15) is 0 Å². The molecule has 2 heterocycles. The van der Waals surface area contributed by atoms with Crippen molar-refractivity contribution >= 4 is 11.6 Å². The van der Waals surface area contributed by atoms with Crippen LogP contribution in [0.1, 0.15) is 54.4 Å². The van der Waals surface area contributed by atoms with Gasteiger partial charge in [-0.3, -0.25) is 9.79 Å². The van der Waals surface area contributed by atoms with Crippen molar-refractivity contribution in [3.05, 3.63) is 59.3 Å². The summed E-state index contributed by atoms with van der Waals surface area (Å²) in [4.78, 5) is 19.2. The van der Waals surface area contributed by atoms with Crippen LogP contribution in [0, 0.1) is 6.92 Å². The van der Waals surface area contributed by atoms with E-state index in [1.165, 1.54) is 0 Å². The Morgan fingerprint density at radius 2 is 1.96 bits per heavy atom. The van der Waals surface area contributed by atoms with Crippen molar-refractivity contribution in [1.29, 1.82) is 0 Å². The van der Waals surface area contributed by atoms with Gasteiger partial charge in [0, 0.05) is 24.4 Å². The minimum absolute atomic E-state index is 0.0359. The van der Waals surface area contributed by atoms with Gasteiger partial charge in [-0.2, -0.15) is 0 Å². The van der Waals surface area contributed by atoms with Gasteiger partial charge in [0.2, 0.25) is 0 Å². The smallest absolute Gasteiger partial charge is 0.254 e. The van der Waals surface area contributed by atoms with E-state index in [2.05, 4.69) is 21.8 Å². The van der Waals surface area contributed by atoms with E-state index < -0.39 is 0 Å². The molecule has 25 heavy (non-hydrogen) atoms. The third-order valence-corrected chi connectivity index (χ3v) is 4.50. The summed E-state index contributed by atoms with van der Waals surface area (Å²) in [6.07, 6.45) is 0. The maximum atomic E-state index is 13.0. The van der Waals surface area contributed by atoms with Crippen LogP contribution in [-0.4, -0.2) is 37.8 Å². The maximum absolute atomic E-state index is 13.0. The highest BCUT2D eigenvalue weighted by molar-refractivity contribution is 5.97. The molecular formula is C19H23N5O. The minimum Gasteiger partial charge on any atom is -0.327 e. The molecule has 0 fully saturated rings. The number of rotatable bonds is 3. The Hall–Kier alpha value is -2.76. The van der Waals surface area contributed by atoms with Gasteiger partial charge in [-0.1, -0.05) is 24.8 Å². The second kappa shape index (κ2) is 6.63. The van der Waals surface area contributed by atoms with E-state index >= 15 is 0 Å². The van der Waals surface area contributed by atoms with Crippen molar-refractivity contribution in [2.24, 2.45) is 4.99 Å². The van der Waals surface area contributed by atoms with Gasteiger partial charge in [0.05, 0.1) is 11.8 Å². The number of aryl methyl sites for hydroxylation is 1. The van der Waals surface area contributed by atoms with Gasteiger partial charge in [0.25, 0.3) is 5.91 Å². The first-order valence-electron chi connectivity index (χ1n) is 8.41. The summed E-state index contributed by atoms with van der Waals surface area (Å²) < 4.78 is 2.05. The number of fused-ring (bicyclic) bond motifs is 1. The molecular weight excluding hydrogens is 314 g/mol. The lowest BCUT2D eigenvalue weighted by atomic mass is 10.1. The summed E-state index contributed by atoms with van der Waals surface area (Å²) in [5, 5.41) is 8.61. The fourth-order valence-electron chi connectivity index (χ4n) is 3.23. The molecule has 130 valence electrons. The average molecular weight is 337 g/mol. The van der Waals surface area contributed by atoms with E-state index in [0.717, 1.165) is 34.2 Å². The molecule has 1 aromatic heterocycles. The first-order valence-corrected chi connectivity index (χ1v) is 8.41. The van der Waals surface area contributed by atoms with E-state index in [1.54, 1.807) is 0 Å². The first kappa shape index (κ1) is 17.1. The van der Waals surface area contributed by atoms with Crippen LogP contribution in [0.15, 0.2) is 41.5 Å². The van der Waals surface area contributed by atoms with Gasteiger partial charge in [0.15, 0.2) is 11.6 Å². The molecule has 6 heteroatoms. The monoisotopic (exact) mass is 337 g/mol. The zero-order valence-corrected chi connectivity index (χ0v) is 15.2. The predicted molar refractivity (Wildman–Crippen MR) is 97.7 cm³/mol. The summed E-state index contributed by atoms with van der Waals surface area (Å²) in [6, 6.07) is 7.53. The van der Waals surface area contributed by atoms with E-state index in [1.807, 2.05) is 61.4 Å². The molecule has 0 N–H and O–H groups in total. The molecule has 1 atom stereocenters. The largest absolute Gasteiger partial charge is 0.327 e. The second-order valence-corrected chi connectivity index (χ2v) is 6.46. The van der Waals surface area contributed by atoms with Crippen molar-refractivity contribution in [2.75, 3.05) is 6.54 Å². The third-order valence-electron chi connectivity index (χ3n) is 4.50. The van der Waals surface area contributed by atoms with E-state index in [4.69, 9.17) is 0 Å². The molecule has 0 saturated carbocycles. The van der Waals surface area contributed by atoms with Crippen LogP contribution in [0.4, 0.5) is 0 Å². The van der Waals surface area contributed by atoms with Gasteiger partial charge in [-0.05, 0) is 39.3 Å². The Bertz CT molecular complexity index is 864. The number of aliphatic imine (C=N–C) groups is 1. The van der Waals surface area contributed by atoms with Crippen LogP contribution in [0.3, 0.4) is 0 Å². The highest BCUT2D eigenvalue weighted by atomic mass is 16.2. The zero-order chi connectivity index (χ0) is 18.1. The molecule has 0 saturated heterocycles. The normalized spacial score (nSPS) is 17.4. The number of aromatic nitrogens is 3. The quantitative estimate of drug-likeness (QED) is 0.808. The van der Waals surface area contributed by atoms with Gasteiger partial charge in [-0.15, -0.1) is 10.2 Å². The molecule has 1 aromatic carbocycles. The van der Waals surface area contributed by atoms with Crippen molar-refractivity contribution in [1.82, 2.24) is 19.7 Å². The van der Waals surface area contributed by atoms with Crippen LogP contribution < -0.4 is 0 Å². The number of amides is 1. The van der Waals surface area contributed by atoms with Gasteiger partial charge >= 0.3 is 0 Å². The lowest BCUT2D eigenvalue weighted by molar-refractivity contribution is 0.0636. The van der Waals surface area contributed by atoms with Crippen molar-refractivity contribution in [3.63, 3.8) is 0 Å². The van der Waals surface area contributed by atoms with Crippen molar-refractivity contribution < 1.29 is 4.79 Å². The molecule has 0 spiro atoms. The van der Waals surface area contributed by atoms with E-state index in [-0.39, 0.29) is 11.9 Å². The maximum Gasteiger partial charge on any atom is 0.254 e. The fourth-order valence-corrected chi connectivity index (χ4v) is 3.23. The number of hydrogen-bond donors (Lipinski definition) is 0. The van der Waals surface area contributed by atoms with Crippen LogP contribution in [0.2, 0.25) is 0 Å². The molecule has 0 unspecified atom stereocenters. The lowest BCUT2D eigenvalue weighted by Gasteiger charge is -2.34. The van der Waals surface area contributed by atoms with Crippen LogP contribution in [0.5, 0.6) is 0 Å². The van der Waals surface area contributed by atoms with Crippen LogP contribution in [-0.2, 0) is 6.54 Å². The summed E-state index contributed by atoms with van der Waals surface area (Å²) >= 11 is 0. The summed E-state index contributed by atoms with van der Waals surface area (Å²) in [5.41, 5.74) is 3.24. The number of benzene rings is 1. The summed E-state index contributed by atoms with van der Waals surface area (Å²) in [7, 11) is 0. The lowest BCUT2D eigenvalue weighted by Crippen LogP contribution is -2.42. The van der Waals surface area contributed by atoms with Crippen molar-refractivity contribution in [2.45, 2.75) is 40.3 Å². The highest BCUT2D eigenvalue weighted by Gasteiger charge is 2.32. The van der Waals surface area contributed by atoms with Gasteiger partial charge in [-0.25, -0.2) is 0 Å². The molecule has 6 nitrogen and oxygen atoms in total. The molecule has 0 bridgehead atoms. The Morgan fingerprint density at radius 1 is 1.24 bits per heavy atom. The zero-order valence-electron chi connectivity index (χ0n) is 15.2. The second-order valence-electron chi connectivity index (χ2n) is 6.46. The van der Waals surface area contributed by atoms with Crippen LogP contribution >= 0.6 is 0 Å². The standard InChI is InChI=1S/C19H23N5O/c1-12(2)20-14(4)17-21-22-18-15(5)23(10-11-24(17)18)19(25)16-9-7-6-8-13(16)3/h6-9,15H,1,10-11H2,2-5H3/b20-14+/t15-/m1/s1.